The van der Waals surface area contributed by atoms with Gasteiger partial charge in [0, 0.05) is 18.7 Å². The van der Waals surface area contributed by atoms with Gasteiger partial charge in [0.1, 0.15) is 18.2 Å². The van der Waals surface area contributed by atoms with Gasteiger partial charge in [0.05, 0.1) is 23.6 Å². The molecule has 1 saturated heterocycles. The van der Waals surface area contributed by atoms with Gasteiger partial charge in [0.25, 0.3) is 11.5 Å². The number of aromatic nitrogens is 2. The summed E-state index contributed by atoms with van der Waals surface area (Å²) >= 11 is 0. The highest BCUT2D eigenvalue weighted by Gasteiger charge is 2.25. The third-order valence-corrected chi connectivity index (χ3v) is 6.07. The summed E-state index contributed by atoms with van der Waals surface area (Å²) in [4.78, 5) is 35.3. The maximum atomic E-state index is 13.6. The summed E-state index contributed by atoms with van der Waals surface area (Å²) in [5, 5.41) is 0.525. The Balaban J connectivity index is 1.38. The predicted octanol–water partition coefficient (Wildman–Crippen LogP) is 4.32. The second-order valence-electron chi connectivity index (χ2n) is 8.65. The molecule has 0 bridgehead atoms. The highest BCUT2D eigenvalue weighted by molar-refractivity contribution is 5.94. The van der Waals surface area contributed by atoms with E-state index in [2.05, 4.69) is 9.97 Å². The zero-order valence-corrected chi connectivity index (χ0v) is 19.4. The molecular weight excluding hydrogens is 442 g/mol. The number of rotatable bonds is 8. The van der Waals surface area contributed by atoms with Crippen molar-refractivity contribution >= 4 is 16.8 Å². The lowest BCUT2D eigenvalue weighted by Crippen LogP contribution is -2.37. The van der Waals surface area contributed by atoms with Gasteiger partial charge in [0.15, 0.2) is 0 Å². The average molecular weight is 470 g/mol. The summed E-state index contributed by atoms with van der Waals surface area (Å²) in [7, 11) is 0. The number of carbonyl (C=O) groups is 1. The molecule has 7 heteroatoms. The zero-order chi connectivity index (χ0) is 24.0. The second kappa shape index (κ2) is 10.5. The number of hydrogen-bond acceptors (Lipinski definition) is 5. The van der Waals surface area contributed by atoms with Gasteiger partial charge in [-0.2, -0.15) is 0 Å². The van der Waals surface area contributed by atoms with Crippen molar-refractivity contribution in [3.05, 3.63) is 106 Å². The lowest BCUT2D eigenvalue weighted by molar-refractivity contribution is 0.0501. The summed E-state index contributed by atoms with van der Waals surface area (Å²) in [6.45, 7) is 1.71. The molecule has 1 atom stereocenters. The maximum absolute atomic E-state index is 13.6. The average Bonchev–Trinajstić information content (AvgIpc) is 3.41. The van der Waals surface area contributed by atoms with Crippen molar-refractivity contribution < 1.29 is 14.3 Å². The Morgan fingerprint density at radius 2 is 1.89 bits per heavy atom. The standard InChI is InChI=1S/C28H27N3O4/c32-27-24-13-4-5-14-25(24)29-26(30-27)18-31(17-23-12-7-15-34-23)28(33)21-10-6-11-22(16-21)35-19-20-8-2-1-3-9-20/h1-6,8-11,13-14,16,23H,7,12,15,17-19H2,(H,29,30,32). The summed E-state index contributed by atoms with van der Waals surface area (Å²) in [5.74, 6) is 0.895. The lowest BCUT2D eigenvalue weighted by Gasteiger charge is -2.25. The minimum Gasteiger partial charge on any atom is -0.489 e. The number of aromatic amines is 1. The molecule has 1 N–H and O–H groups in total. The largest absolute Gasteiger partial charge is 0.489 e. The first kappa shape index (κ1) is 22.8. The summed E-state index contributed by atoms with van der Waals surface area (Å²) in [6.07, 6.45) is 1.83. The van der Waals surface area contributed by atoms with Gasteiger partial charge in [-0.3, -0.25) is 9.59 Å². The van der Waals surface area contributed by atoms with Crippen LogP contribution in [0, 0.1) is 0 Å². The monoisotopic (exact) mass is 469 g/mol. The molecule has 1 amide bonds. The third kappa shape index (κ3) is 5.58. The lowest BCUT2D eigenvalue weighted by atomic mass is 10.1. The molecule has 1 fully saturated rings. The predicted molar refractivity (Wildman–Crippen MR) is 133 cm³/mol. The molecule has 1 aliphatic rings. The summed E-state index contributed by atoms with van der Waals surface area (Å²) in [6, 6.07) is 24.2. The first-order valence-corrected chi connectivity index (χ1v) is 11.8. The van der Waals surface area contributed by atoms with Crippen molar-refractivity contribution in [2.45, 2.75) is 32.1 Å². The molecule has 3 aromatic carbocycles. The third-order valence-electron chi connectivity index (χ3n) is 6.07. The molecular formula is C28H27N3O4. The molecule has 1 unspecified atom stereocenters. The number of amides is 1. The van der Waals surface area contributed by atoms with E-state index in [0.717, 1.165) is 18.4 Å². The topological polar surface area (TPSA) is 84.5 Å². The van der Waals surface area contributed by atoms with Crippen molar-refractivity contribution in [1.29, 1.82) is 0 Å². The Labute approximate surface area is 203 Å². The van der Waals surface area contributed by atoms with E-state index in [1.807, 2.05) is 48.5 Å². The normalized spacial score (nSPS) is 15.3. The van der Waals surface area contributed by atoms with E-state index in [-0.39, 0.29) is 24.1 Å². The molecule has 2 heterocycles. The quantitative estimate of drug-likeness (QED) is 0.415. The van der Waals surface area contributed by atoms with E-state index < -0.39 is 0 Å². The molecule has 0 aliphatic carbocycles. The molecule has 1 aliphatic heterocycles. The number of hydrogen-bond donors (Lipinski definition) is 1. The number of ether oxygens (including phenoxy) is 2. The first-order valence-electron chi connectivity index (χ1n) is 11.8. The molecule has 7 nitrogen and oxygen atoms in total. The van der Waals surface area contributed by atoms with Crippen LogP contribution in [0.25, 0.3) is 10.9 Å². The van der Waals surface area contributed by atoms with Crippen LogP contribution >= 0.6 is 0 Å². The number of para-hydroxylation sites is 1. The van der Waals surface area contributed by atoms with Crippen molar-refractivity contribution in [2.24, 2.45) is 0 Å². The van der Waals surface area contributed by atoms with Crippen LogP contribution in [0.4, 0.5) is 0 Å². The van der Waals surface area contributed by atoms with Gasteiger partial charge in [0.2, 0.25) is 0 Å². The van der Waals surface area contributed by atoms with Crippen LogP contribution in [0.15, 0.2) is 83.7 Å². The second-order valence-corrected chi connectivity index (χ2v) is 8.65. The van der Waals surface area contributed by atoms with Crippen LogP contribution in [0.1, 0.15) is 34.6 Å². The van der Waals surface area contributed by atoms with E-state index in [1.54, 1.807) is 35.2 Å². The first-order chi connectivity index (χ1) is 17.2. The Kier molecular flexibility index (Phi) is 6.86. The van der Waals surface area contributed by atoms with Crippen molar-refractivity contribution in [3.63, 3.8) is 0 Å². The van der Waals surface area contributed by atoms with Crippen molar-refractivity contribution in [2.75, 3.05) is 13.2 Å². The van der Waals surface area contributed by atoms with Crippen molar-refractivity contribution in [3.8, 4) is 5.75 Å². The van der Waals surface area contributed by atoms with Crippen LogP contribution in [-0.4, -0.2) is 40.0 Å². The van der Waals surface area contributed by atoms with Gasteiger partial charge < -0.3 is 19.4 Å². The number of H-pyrrole nitrogens is 1. The Morgan fingerprint density at radius 3 is 2.71 bits per heavy atom. The van der Waals surface area contributed by atoms with Gasteiger partial charge in [-0.25, -0.2) is 4.98 Å². The van der Waals surface area contributed by atoms with Crippen LogP contribution in [-0.2, 0) is 17.9 Å². The fourth-order valence-electron chi connectivity index (χ4n) is 4.29. The van der Waals surface area contributed by atoms with Crippen LogP contribution in [0.5, 0.6) is 5.75 Å². The van der Waals surface area contributed by atoms with Gasteiger partial charge in [-0.15, -0.1) is 0 Å². The molecule has 35 heavy (non-hydrogen) atoms. The Morgan fingerprint density at radius 1 is 1.06 bits per heavy atom. The number of nitrogens with one attached hydrogen (secondary N) is 1. The molecule has 0 saturated carbocycles. The minimum atomic E-state index is -0.216. The maximum Gasteiger partial charge on any atom is 0.258 e. The smallest absolute Gasteiger partial charge is 0.258 e. The van der Waals surface area contributed by atoms with Gasteiger partial charge in [-0.05, 0) is 48.7 Å². The highest BCUT2D eigenvalue weighted by Crippen LogP contribution is 2.20. The van der Waals surface area contributed by atoms with Crippen LogP contribution in [0.2, 0.25) is 0 Å². The number of nitrogens with zero attached hydrogens (tertiary/aromatic N) is 2. The molecule has 4 aromatic rings. The number of carbonyl (C=O) groups excluding carboxylic acids is 1. The van der Waals surface area contributed by atoms with Crippen molar-refractivity contribution in [1.82, 2.24) is 14.9 Å². The van der Waals surface area contributed by atoms with Crippen LogP contribution < -0.4 is 10.3 Å². The van der Waals surface area contributed by atoms with Gasteiger partial charge in [-0.1, -0.05) is 48.5 Å². The van der Waals surface area contributed by atoms with E-state index in [0.29, 0.717) is 47.8 Å². The highest BCUT2D eigenvalue weighted by atomic mass is 16.5. The number of fused-ring (bicyclic) bond motifs is 1. The van der Waals surface area contributed by atoms with E-state index in [9.17, 15) is 9.59 Å². The minimum absolute atomic E-state index is 0.0383. The molecule has 0 spiro atoms. The Bertz CT molecular complexity index is 1360. The molecule has 1 aromatic heterocycles. The fraction of sp³-hybridized carbons (Fsp3) is 0.250. The summed E-state index contributed by atoms with van der Waals surface area (Å²) in [5.41, 5.74) is 1.95. The fourth-order valence-corrected chi connectivity index (χ4v) is 4.29. The van der Waals surface area contributed by atoms with E-state index in [1.165, 1.54) is 0 Å². The Hall–Kier alpha value is -3.97. The summed E-state index contributed by atoms with van der Waals surface area (Å²) < 4.78 is 11.7. The molecule has 178 valence electrons. The van der Waals surface area contributed by atoms with Crippen LogP contribution in [0.3, 0.4) is 0 Å². The van der Waals surface area contributed by atoms with E-state index in [4.69, 9.17) is 9.47 Å². The molecule has 0 radical (unpaired) electrons. The number of benzene rings is 3. The zero-order valence-electron chi connectivity index (χ0n) is 19.4. The molecule has 5 rings (SSSR count). The van der Waals surface area contributed by atoms with E-state index >= 15 is 0 Å². The SMILES string of the molecule is O=C(c1cccc(OCc2ccccc2)c1)N(Cc1nc2ccccc2c(=O)[nH]1)CC1CCCO1. The van der Waals surface area contributed by atoms with Gasteiger partial charge >= 0.3 is 0 Å².